The number of hydrogen-bond donors (Lipinski definition) is 0. The van der Waals surface area contributed by atoms with Gasteiger partial charge in [-0.1, -0.05) is 18.2 Å². The van der Waals surface area contributed by atoms with Crippen LogP contribution in [0.15, 0.2) is 58.9 Å². The van der Waals surface area contributed by atoms with E-state index in [0.29, 0.717) is 0 Å². The molecule has 0 amide bonds. The van der Waals surface area contributed by atoms with Crippen molar-refractivity contribution < 1.29 is 4.92 Å². The highest BCUT2D eigenvalue weighted by molar-refractivity contribution is 5.56. The molecular weight excluding hydrogens is 244 g/mol. The molecule has 6 heteroatoms. The first-order chi connectivity index (χ1) is 9.18. The van der Waals surface area contributed by atoms with E-state index in [2.05, 4.69) is 15.2 Å². The van der Waals surface area contributed by atoms with E-state index in [1.54, 1.807) is 24.4 Å². The molecule has 0 saturated heterocycles. The Labute approximate surface area is 110 Å². The Kier molecular flexibility index (Phi) is 3.92. The number of para-hydroxylation sites is 1. The van der Waals surface area contributed by atoms with Gasteiger partial charge in [0.15, 0.2) is 5.69 Å². The third kappa shape index (κ3) is 3.19. The van der Waals surface area contributed by atoms with Crippen molar-refractivity contribution >= 4 is 11.4 Å². The molecule has 0 aliphatic carbocycles. The molecule has 1 atom stereocenters. The largest absolute Gasteiger partial charge is 0.296 e. The molecule has 0 saturated carbocycles. The van der Waals surface area contributed by atoms with Crippen LogP contribution in [0.25, 0.3) is 0 Å². The van der Waals surface area contributed by atoms with E-state index in [1.807, 2.05) is 25.1 Å². The Hall–Kier alpha value is -2.63. The highest BCUT2D eigenvalue weighted by Crippen LogP contribution is 2.28. The minimum Gasteiger partial charge on any atom is -0.259 e. The van der Waals surface area contributed by atoms with Crippen molar-refractivity contribution in [2.24, 2.45) is 10.2 Å². The minimum atomic E-state index is -0.472. The van der Waals surface area contributed by atoms with E-state index >= 15 is 0 Å². The van der Waals surface area contributed by atoms with Gasteiger partial charge in [-0.25, -0.2) is 0 Å². The highest BCUT2D eigenvalue weighted by Gasteiger charge is 2.12. The quantitative estimate of drug-likeness (QED) is 0.473. The zero-order valence-corrected chi connectivity index (χ0v) is 10.3. The minimum absolute atomic E-state index is 0.0560. The molecule has 1 unspecified atom stereocenters. The van der Waals surface area contributed by atoms with Crippen molar-refractivity contribution in [3.05, 3.63) is 64.5 Å². The summed E-state index contributed by atoms with van der Waals surface area (Å²) in [6.07, 6.45) is 1.67. The van der Waals surface area contributed by atoms with E-state index in [4.69, 9.17) is 0 Å². The molecule has 0 N–H and O–H groups in total. The molecule has 1 heterocycles. The van der Waals surface area contributed by atoms with Crippen LogP contribution in [-0.2, 0) is 0 Å². The van der Waals surface area contributed by atoms with Gasteiger partial charge in [-0.15, -0.1) is 5.11 Å². The predicted molar refractivity (Wildman–Crippen MR) is 70.3 cm³/mol. The van der Waals surface area contributed by atoms with Gasteiger partial charge in [0.2, 0.25) is 0 Å². The molecular formula is C13H12N4O2. The topological polar surface area (TPSA) is 80.8 Å². The molecule has 0 fully saturated rings. The normalized spacial score (nSPS) is 12.5. The fraction of sp³-hybridized carbons (Fsp3) is 0.154. The van der Waals surface area contributed by atoms with Gasteiger partial charge in [0.25, 0.3) is 5.69 Å². The smallest absolute Gasteiger partial charge is 0.259 e. The zero-order chi connectivity index (χ0) is 13.7. The van der Waals surface area contributed by atoms with Crippen LogP contribution in [0.5, 0.6) is 0 Å². The molecule has 0 aliphatic rings. The first-order valence-corrected chi connectivity index (χ1v) is 5.73. The SMILES string of the molecule is CC(N=Nc1ccccc1[N+](=O)[O-])c1ccccn1. The van der Waals surface area contributed by atoms with Crippen LogP contribution in [0.4, 0.5) is 11.4 Å². The molecule has 6 nitrogen and oxygen atoms in total. The fourth-order valence-corrected chi connectivity index (χ4v) is 1.53. The third-order valence-electron chi connectivity index (χ3n) is 2.53. The van der Waals surface area contributed by atoms with Gasteiger partial charge in [0.05, 0.1) is 10.6 Å². The van der Waals surface area contributed by atoms with Gasteiger partial charge < -0.3 is 0 Å². The number of aromatic nitrogens is 1. The molecule has 0 radical (unpaired) electrons. The number of pyridine rings is 1. The van der Waals surface area contributed by atoms with Crippen LogP contribution < -0.4 is 0 Å². The van der Waals surface area contributed by atoms with Crippen LogP contribution in [0.2, 0.25) is 0 Å². The third-order valence-corrected chi connectivity index (χ3v) is 2.53. The van der Waals surface area contributed by atoms with Crippen molar-refractivity contribution in [2.45, 2.75) is 13.0 Å². The molecule has 2 rings (SSSR count). The lowest BCUT2D eigenvalue weighted by Crippen LogP contribution is -1.92. The highest BCUT2D eigenvalue weighted by atomic mass is 16.6. The lowest BCUT2D eigenvalue weighted by Gasteiger charge is -2.03. The van der Waals surface area contributed by atoms with Crippen molar-refractivity contribution in [1.29, 1.82) is 0 Å². The Balaban J connectivity index is 2.22. The van der Waals surface area contributed by atoms with Gasteiger partial charge in [-0.2, -0.15) is 5.11 Å². The summed E-state index contributed by atoms with van der Waals surface area (Å²) in [5, 5.41) is 18.8. The Morgan fingerprint density at radius 1 is 1.21 bits per heavy atom. The number of nitrogens with zero attached hydrogens (tertiary/aromatic N) is 4. The van der Waals surface area contributed by atoms with Gasteiger partial charge >= 0.3 is 0 Å². The van der Waals surface area contributed by atoms with E-state index < -0.39 is 4.92 Å². The van der Waals surface area contributed by atoms with E-state index in [0.717, 1.165) is 5.69 Å². The molecule has 2 aromatic rings. The molecule has 19 heavy (non-hydrogen) atoms. The average Bonchev–Trinajstić information content (AvgIpc) is 2.46. The second kappa shape index (κ2) is 5.81. The number of nitro groups is 1. The van der Waals surface area contributed by atoms with Crippen LogP contribution in [0.3, 0.4) is 0 Å². The molecule has 0 spiro atoms. The van der Waals surface area contributed by atoms with Crippen molar-refractivity contribution in [1.82, 2.24) is 4.98 Å². The summed E-state index contributed by atoms with van der Waals surface area (Å²) in [4.78, 5) is 14.5. The van der Waals surface area contributed by atoms with Gasteiger partial charge in [0, 0.05) is 12.3 Å². The van der Waals surface area contributed by atoms with Crippen LogP contribution in [-0.4, -0.2) is 9.91 Å². The molecule has 0 bridgehead atoms. The van der Waals surface area contributed by atoms with Crippen LogP contribution in [0.1, 0.15) is 18.7 Å². The van der Waals surface area contributed by atoms with E-state index in [-0.39, 0.29) is 17.4 Å². The Bertz CT molecular complexity index is 599. The summed E-state index contributed by atoms with van der Waals surface area (Å²) in [6.45, 7) is 1.83. The summed E-state index contributed by atoms with van der Waals surface area (Å²) >= 11 is 0. The monoisotopic (exact) mass is 256 g/mol. The second-order valence-corrected chi connectivity index (χ2v) is 3.89. The van der Waals surface area contributed by atoms with Gasteiger partial charge in [-0.3, -0.25) is 15.1 Å². The number of benzene rings is 1. The van der Waals surface area contributed by atoms with Crippen molar-refractivity contribution in [3.8, 4) is 0 Å². The number of nitro benzene ring substituents is 1. The molecule has 96 valence electrons. The van der Waals surface area contributed by atoms with Gasteiger partial charge in [-0.05, 0) is 25.1 Å². The van der Waals surface area contributed by atoms with Gasteiger partial charge in [0.1, 0.15) is 6.04 Å². The lowest BCUT2D eigenvalue weighted by molar-refractivity contribution is -0.384. The van der Waals surface area contributed by atoms with E-state index in [1.165, 1.54) is 6.07 Å². The van der Waals surface area contributed by atoms with Crippen LogP contribution >= 0.6 is 0 Å². The summed E-state index contributed by atoms with van der Waals surface area (Å²) in [5.74, 6) is 0. The summed E-state index contributed by atoms with van der Waals surface area (Å²) in [6, 6.07) is 11.5. The predicted octanol–water partition coefficient (Wildman–Crippen LogP) is 3.83. The van der Waals surface area contributed by atoms with E-state index in [9.17, 15) is 10.1 Å². The molecule has 1 aromatic heterocycles. The summed E-state index contributed by atoms with van der Waals surface area (Å²) in [7, 11) is 0. The van der Waals surface area contributed by atoms with Crippen molar-refractivity contribution in [3.63, 3.8) is 0 Å². The average molecular weight is 256 g/mol. The summed E-state index contributed by atoms with van der Waals surface area (Å²) < 4.78 is 0. The first kappa shape index (κ1) is 12.8. The molecule has 0 aliphatic heterocycles. The number of rotatable bonds is 4. The Morgan fingerprint density at radius 2 is 1.95 bits per heavy atom. The maximum Gasteiger partial charge on any atom is 0.296 e. The maximum absolute atomic E-state index is 10.8. The second-order valence-electron chi connectivity index (χ2n) is 3.89. The van der Waals surface area contributed by atoms with Crippen molar-refractivity contribution in [2.75, 3.05) is 0 Å². The maximum atomic E-state index is 10.8. The Morgan fingerprint density at radius 3 is 2.63 bits per heavy atom. The lowest BCUT2D eigenvalue weighted by atomic mass is 10.2. The number of hydrogen-bond acceptors (Lipinski definition) is 5. The standard InChI is InChI=1S/C13H12N4O2/c1-10(11-6-4-5-9-14-11)15-16-12-7-2-3-8-13(12)17(18)19/h2-10H,1H3. The molecule has 1 aromatic carbocycles. The number of azo groups is 1. The summed E-state index contributed by atoms with van der Waals surface area (Å²) in [5.41, 5.74) is 0.958. The van der Waals surface area contributed by atoms with Crippen LogP contribution in [0, 0.1) is 10.1 Å². The first-order valence-electron chi connectivity index (χ1n) is 5.73. The fourth-order valence-electron chi connectivity index (χ4n) is 1.53. The zero-order valence-electron chi connectivity index (χ0n) is 10.3.